The second-order valence-electron chi connectivity index (χ2n) is 3.75. The molecule has 90 valence electrons. The highest BCUT2D eigenvalue weighted by Gasteiger charge is 2.28. The Bertz CT molecular complexity index is 473. The van der Waals surface area contributed by atoms with Crippen LogP contribution in [0.2, 0.25) is 0 Å². The zero-order chi connectivity index (χ0) is 11.8. The van der Waals surface area contributed by atoms with Gasteiger partial charge in [-0.15, -0.1) is 0 Å². The first-order valence-electron chi connectivity index (χ1n) is 5.19. The maximum absolute atomic E-state index is 11.0. The molecule has 0 aliphatic carbocycles. The third-order valence-corrected chi connectivity index (χ3v) is 2.76. The van der Waals surface area contributed by atoms with Crippen LogP contribution in [-0.2, 0) is 4.74 Å². The van der Waals surface area contributed by atoms with E-state index in [1.165, 1.54) is 0 Å². The summed E-state index contributed by atoms with van der Waals surface area (Å²) < 4.78 is 20.7. The largest absolute Gasteiger partial charge is 0.493 e. The molecule has 1 atom stereocenters. The molecule has 2 aliphatic heterocycles. The SMILES string of the molecule is COc1cc(C2COC(=O)N2)cc2c1OCO2. The number of amides is 1. The number of hydrogen-bond acceptors (Lipinski definition) is 5. The van der Waals surface area contributed by atoms with Crippen molar-refractivity contribution >= 4 is 6.09 Å². The van der Waals surface area contributed by atoms with E-state index >= 15 is 0 Å². The first-order chi connectivity index (χ1) is 8.28. The molecule has 0 bridgehead atoms. The van der Waals surface area contributed by atoms with Gasteiger partial charge < -0.3 is 24.3 Å². The fourth-order valence-electron chi connectivity index (χ4n) is 1.92. The highest BCUT2D eigenvalue weighted by molar-refractivity contribution is 5.70. The van der Waals surface area contributed by atoms with Gasteiger partial charge in [0.2, 0.25) is 12.5 Å². The average molecular weight is 237 g/mol. The second-order valence-corrected chi connectivity index (χ2v) is 3.75. The highest BCUT2D eigenvalue weighted by atomic mass is 16.7. The maximum Gasteiger partial charge on any atom is 0.407 e. The third-order valence-electron chi connectivity index (χ3n) is 2.76. The number of alkyl carbamates (subject to hydrolysis) is 1. The molecule has 3 rings (SSSR count). The molecular weight excluding hydrogens is 226 g/mol. The summed E-state index contributed by atoms with van der Waals surface area (Å²) >= 11 is 0. The zero-order valence-electron chi connectivity index (χ0n) is 9.19. The predicted molar refractivity (Wildman–Crippen MR) is 56.3 cm³/mol. The highest BCUT2D eigenvalue weighted by Crippen LogP contribution is 2.43. The minimum Gasteiger partial charge on any atom is -0.493 e. The molecular formula is C11H11NO5. The Morgan fingerprint density at radius 1 is 1.35 bits per heavy atom. The Balaban J connectivity index is 1.98. The Kier molecular flexibility index (Phi) is 2.21. The van der Waals surface area contributed by atoms with Crippen LogP contribution in [0.25, 0.3) is 0 Å². The van der Waals surface area contributed by atoms with E-state index in [0.29, 0.717) is 23.9 Å². The van der Waals surface area contributed by atoms with Crippen LogP contribution in [0.4, 0.5) is 4.79 Å². The Morgan fingerprint density at radius 3 is 2.94 bits per heavy atom. The van der Waals surface area contributed by atoms with E-state index in [-0.39, 0.29) is 12.8 Å². The van der Waals surface area contributed by atoms with Crippen LogP contribution in [0.3, 0.4) is 0 Å². The summed E-state index contributed by atoms with van der Waals surface area (Å²) in [5.74, 6) is 1.82. The number of ether oxygens (including phenoxy) is 4. The predicted octanol–water partition coefficient (Wildman–Crippen LogP) is 1.20. The molecule has 0 aromatic heterocycles. The third kappa shape index (κ3) is 1.61. The number of methoxy groups -OCH3 is 1. The first-order valence-corrected chi connectivity index (χ1v) is 5.19. The lowest BCUT2D eigenvalue weighted by atomic mass is 10.1. The van der Waals surface area contributed by atoms with Gasteiger partial charge >= 0.3 is 6.09 Å². The molecule has 2 aliphatic rings. The van der Waals surface area contributed by atoms with Crippen LogP contribution >= 0.6 is 0 Å². The van der Waals surface area contributed by atoms with Crippen molar-refractivity contribution in [2.45, 2.75) is 6.04 Å². The summed E-state index contributed by atoms with van der Waals surface area (Å²) in [5, 5.41) is 2.70. The minimum absolute atomic E-state index is 0.175. The molecule has 0 radical (unpaired) electrons. The van der Waals surface area contributed by atoms with Crippen molar-refractivity contribution in [1.29, 1.82) is 0 Å². The number of carbonyl (C=O) groups excluding carboxylic acids is 1. The van der Waals surface area contributed by atoms with Crippen LogP contribution in [0, 0.1) is 0 Å². The maximum atomic E-state index is 11.0. The fourth-order valence-corrected chi connectivity index (χ4v) is 1.92. The lowest BCUT2D eigenvalue weighted by molar-refractivity contribution is 0.171. The van der Waals surface area contributed by atoms with E-state index in [0.717, 1.165) is 5.56 Å². The minimum atomic E-state index is -0.411. The fraction of sp³-hybridized carbons (Fsp3) is 0.364. The van der Waals surface area contributed by atoms with Crippen LogP contribution in [0.15, 0.2) is 12.1 Å². The normalized spacial score (nSPS) is 21.0. The van der Waals surface area contributed by atoms with E-state index in [4.69, 9.17) is 18.9 Å². The van der Waals surface area contributed by atoms with Gasteiger partial charge in [-0.1, -0.05) is 0 Å². The lowest BCUT2D eigenvalue weighted by Gasteiger charge is -2.11. The molecule has 1 saturated heterocycles. The van der Waals surface area contributed by atoms with Gasteiger partial charge in [-0.25, -0.2) is 4.79 Å². The smallest absolute Gasteiger partial charge is 0.407 e. The molecule has 0 spiro atoms. The number of benzene rings is 1. The summed E-state index contributed by atoms with van der Waals surface area (Å²) in [5.41, 5.74) is 0.872. The standard InChI is InChI=1S/C11H11NO5/c1-14-8-2-6(7-4-15-11(13)12-7)3-9-10(8)17-5-16-9/h2-3,7H,4-5H2,1H3,(H,12,13). The summed E-state index contributed by atoms with van der Waals surface area (Å²) in [6.45, 7) is 0.490. The summed E-state index contributed by atoms with van der Waals surface area (Å²) in [6.07, 6.45) is -0.411. The van der Waals surface area contributed by atoms with Gasteiger partial charge in [-0.05, 0) is 17.7 Å². The van der Waals surface area contributed by atoms with Crippen molar-refractivity contribution < 1.29 is 23.7 Å². The van der Waals surface area contributed by atoms with Crippen molar-refractivity contribution in [3.8, 4) is 17.2 Å². The Hall–Kier alpha value is -2.11. The van der Waals surface area contributed by atoms with Crippen LogP contribution in [0.5, 0.6) is 17.2 Å². The Morgan fingerprint density at radius 2 is 2.24 bits per heavy atom. The van der Waals surface area contributed by atoms with Crippen molar-refractivity contribution in [3.63, 3.8) is 0 Å². The number of fused-ring (bicyclic) bond motifs is 1. The van der Waals surface area contributed by atoms with Crippen LogP contribution in [0.1, 0.15) is 11.6 Å². The molecule has 1 fully saturated rings. The van der Waals surface area contributed by atoms with Gasteiger partial charge in [0.05, 0.1) is 13.2 Å². The van der Waals surface area contributed by atoms with Gasteiger partial charge in [0.1, 0.15) is 6.61 Å². The topological polar surface area (TPSA) is 66.0 Å². The van der Waals surface area contributed by atoms with E-state index in [1.807, 2.05) is 12.1 Å². The van der Waals surface area contributed by atoms with Gasteiger partial charge in [0.15, 0.2) is 11.5 Å². The molecule has 1 aromatic rings. The monoisotopic (exact) mass is 237 g/mol. The zero-order valence-corrected chi connectivity index (χ0v) is 9.19. The van der Waals surface area contributed by atoms with Crippen molar-refractivity contribution in [2.24, 2.45) is 0 Å². The molecule has 1 aromatic carbocycles. The van der Waals surface area contributed by atoms with E-state index in [2.05, 4.69) is 5.32 Å². The van der Waals surface area contributed by atoms with E-state index < -0.39 is 6.09 Å². The van der Waals surface area contributed by atoms with E-state index in [1.54, 1.807) is 7.11 Å². The molecule has 0 saturated carbocycles. The number of carbonyl (C=O) groups is 1. The van der Waals surface area contributed by atoms with Gasteiger partial charge in [0.25, 0.3) is 0 Å². The number of cyclic esters (lactones) is 1. The number of hydrogen-bond donors (Lipinski definition) is 1. The van der Waals surface area contributed by atoms with Crippen molar-refractivity contribution in [1.82, 2.24) is 5.32 Å². The van der Waals surface area contributed by atoms with Crippen LogP contribution < -0.4 is 19.5 Å². The Labute approximate surface area is 97.4 Å². The lowest BCUT2D eigenvalue weighted by Crippen LogP contribution is -2.18. The molecule has 1 N–H and O–H groups in total. The molecule has 6 heteroatoms. The quantitative estimate of drug-likeness (QED) is 0.837. The summed E-state index contributed by atoms with van der Waals surface area (Å²) in [4.78, 5) is 11.0. The van der Waals surface area contributed by atoms with Crippen LogP contribution in [-0.4, -0.2) is 26.6 Å². The molecule has 1 amide bonds. The average Bonchev–Trinajstić information content (AvgIpc) is 2.95. The molecule has 17 heavy (non-hydrogen) atoms. The summed E-state index contributed by atoms with van der Waals surface area (Å²) in [6, 6.07) is 3.46. The summed E-state index contributed by atoms with van der Waals surface area (Å²) in [7, 11) is 1.56. The molecule has 6 nitrogen and oxygen atoms in total. The van der Waals surface area contributed by atoms with Gasteiger partial charge in [-0.3, -0.25) is 0 Å². The van der Waals surface area contributed by atoms with E-state index in [9.17, 15) is 4.79 Å². The second kappa shape index (κ2) is 3.73. The first kappa shape index (κ1) is 10.1. The molecule has 1 unspecified atom stereocenters. The van der Waals surface area contributed by atoms with Crippen molar-refractivity contribution in [2.75, 3.05) is 20.5 Å². The number of rotatable bonds is 2. The number of nitrogens with one attached hydrogen (secondary N) is 1. The van der Waals surface area contributed by atoms with Crippen molar-refractivity contribution in [3.05, 3.63) is 17.7 Å². The van der Waals surface area contributed by atoms with Gasteiger partial charge in [-0.2, -0.15) is 0 Å². The molecule has 2 heterocycles. The van der Waals surface area contributed by atoms with Gasteiger partial charge in [0, 0.05) is 0 Å².